The Morgan fingerprint density at radius 2 is 1.72 bits per heavy atom. The number of nitrogens with one attached hydrogen (secondary N) is 1. The molecule has 6 nitrogen and oxygen atoms in total. The molecule has 1 aromatic heterocycles. The summed E-state index contributed by atoms with van der Waals surface area (Å²) < 4.78 is 31.7. The molecule has 2 N–H and O–H groups in total. The van der Waals surface area contributed by atoms with Gasteiger partial charge in [-0.2, -0.15) is 13.2 Å². The SMILES string of the molecule is O=C(O)C(F)(F)F.O=C1NCc2c(-c3ccccc3)cccc2N1CCc1ccccn1. The lowest BCUT2D eigenvalue weighted by atomic mass is 9.96. The Kier molecular flexibility index (Phi) is 7.09. The van der Waals surface area contributed by atoms with Crippen molar-refractivity contribution in [2.24, 2.45) is 0 Å². The molecule has 2 aromatic carbocycles. The first-order valence-electron chi connectivity index (χ1n) is 9.70. The minimum absolute atomic E-state index is 0.0476. The van der Waals surface area contributed by atoms with E-state index in [-0.39, 0.29) is 6.03 Å². The van der Waals surface area contributed by atoms with Crippen LogP contribution in [0.3, 0.4) is 0 Å². The molecule has 0 fully saturated rings. The van der Waals surface area contributed by atoms with E-state index in [1.54, 1.807) is 6.20 Å². The van der Waals surface area contributed by atoms with Gasteiger partial charge in [-0.1, -0.05) is 48.5 Å². The Labute approximate surface area is 182 Å². The van der Waals surface area contributed by atoms with Crippen LogP contribution in [0.15, 0.2) is 72.9 Å². The van der Waals surface area contributed by atoms with Crippen molar-refractivity contribution in [1.29, 1.82) is 0 Å². The minimum atomic E-state index is -5.08. The number of carboxylic acid groups (broad SMARTS) is 1. The average molecular weight is 443 g/mol. The molecule has 2 amide bonds. The zero-order valence-corrected chi connectivity index (χ0v) is 16.8. The molecule has 0 spiro atoms. The van der Waals surface area contributed by atoms with Crippen LogP contribution in [-0.4, -0.2) is 34.8 Å². The average Bonchev–Trinajstić information content (AvgIpc) is 2.79. The number of carbonyl (C=O) groups is 2. The van der Waals surface area contributed by atoms with Gasteiger partial charge in [-0.25, -0.2) is 9.59 Å². The van der Waals surface area contributed by atoms with E-state index in [1.807, 2.05) is 53.4 Å². The molecule has 0 aliphatic carbocycles. The van der Waals surface area contributed by atoms with E-state index in [2.05, 4.69) is 28.5 Å². The maximum absolute atomic E-state index is 12.4. The van der Waals surface area contributed by atoms with Crippen molar-refractivity contribution in [1.82, 2.24) is 10.3 Å². The van der Waals surface area contributed by atoms with Crippen molar-refractivity contribution in [3.63, 3.8) is 0 Å². The molecule has 1 aliphatic rings. The predicted molar refractivity (Wildman–Crippen MR) is 113 cm³/mol. The number of anilines is 1. The van der Waals surface area contributed by atoms with E-state index in [9.17, 15) is 18.0 Å². The van der Waals surface area contributed by atoms with E-state index in [0.29, 0.717) is 13.1 Å². The zero-order chi connectivity index (χ0) is 23.1. The van der Waals surface area contributed by atoms with E-state index in [1.165, 1.54) is 11.1 Å². The van der Waals surface area contributed by atoms with Crippen LogP contribution in [0.5, 0.6) is 0 Å². The third-order valence-corrected chi connectivity index (χ3v) is 4.75. The van der Waals surface area contributed by atoms with Crippen LogP contribution in [0.2, 0.25) is 0 Å². The van der Waals surface area contributed by atoms with E-state index < -0.39 is 12.1 Å². The van der Waals surface area contributed by atoms with Crippen molar-refractivity contribution in [2.75, 3.05) is 11.4 Å². The second-order valence-electron chi connectivity index (χ2n) is 6.85. The summed E-state index contributed by atoms with van der Waals surface area (Å²) in [6, 6.07) is 22.3. The molecule has 0 atom stereocenters. The number of carboxylic acids is 1. The van der Waals surface area contributed by atoms with Gasteiger partial charge in [0.15, 0.2) is 0 Å². The number of amides is 2. The quantitative estimate of drug-likeness (QED) is 0.615. The number of pyridine rings is 1. The van der Waals surface area contributed by atoms with Gasteiger partial charge >= 0.3 is 18.2 Å². The van der Waals surface area contributed by atoms with Gasteiger partial charge in [0.2, 0.25) is 0 Å². The Hall–Kier alpha value is -3.88. The fourth-order valence-corrected chi connectivity index (χ4v) is 3.26. The number of halogens is 3. The number of fused-ring (bicyclic) bond motifs is 1. The van der Waals surface area contributed by atoms with Gasteiger partial charge in [-0.05, 0) is 29.3 Å². The van der Waals surface area contributed by atoms with Gasteiger partial charge in [-0.15, -0.1) is 0 Å². The number of aromatic nitrogens is 1. The number of hydrogen-bond donors (Lipinski definition) is 2. The number of urea groups is 1. The maximum Gasteiger partial charge on any atom is 0.490 e. The monoisotopic (exact) mass is 443 g/mol. The van der Waals surface area contributed by atoms with E-state index >= 15 is 0 Å². The molecule has 0 radical (unpaired) electrons. The number of rotatable bonds is 4. The van der Waals surface area contributed by atoms with Gasteiger partial charge in [0.25, 0.3) is 0 Å². The third-order valence-electron chi connectivity index (χ3n) is 4.75. The highest BCUT2D eigenvalue weighted by Crippen LogP contribution is 2.33. The Morgan fingerprint density at radius 1 is 1.03 bits per heavy atom. The number of nitrogens with zero attached hydrogens (tertiary/aromatic N) is 2. The van der Waals surface area contributed by atoms with E-state index in [4.69, 9.17) is 9.90 Å². The lowest BCUT2D eigenvalue weighted by Crippen LogP contribution is -2.45. The molecule has 1 aliphatic heterocycles. The summed E-state index contributed by atoms with van der Waals surface area (Å²) in [7, 11) is 0. The first-order chi connectivity index (χ1) is 15.3. The van der Waals surface area contributed by atoms with Crippen LogP contribution in [0.25, 0.3) is 11.1 Å². The minimum Gasteiger partial charge on any atom is -0.475 e. The third kappa shape index (κ3) is 5.63. The van der Waals surface area contributed by atoms with Crippen LogP contribution >= 0.6 is 0 Å². The summed E-state index contributed by atoms with van der Waals surface area (Å²) in [6.45, 7) is 1.16. The summed E-state index contributed by atoms with van der Waals surface area (Å²) in [5, 5.41) is 10.1. The number of benzene rings is 2. The largest absolute Gasteiger partial charge is 0.490 e. The fraction of sp³-hybridized carbons (Fsp3) is 0.174. The first-order valence-corrected chi connectivity index (χ1v) is 9.70. The Morgan fingerprint density at radius 3 is 2.34 bits per heavy atom. The fourth-order valence-electron chi connectivity index (χ4n) is 3.26. The highest BCUT2D eigenvalue weighted by molar-refractivity contribution is 5.96. The van der Waals surface area contributed by atoms with Crippen LogP contribution < -0.4 is 10.2 Å². The highest BCUT2D eigenvalue weighted by Gasteiger charge is 2.38. The second kappa shape index (κ2) is 9.95. The molecule has 0 bridgehead atoms. The molecule has 0 saturated carbocycles. The summed E-state index contributed by atoms with van der Waals surface area (Å²) in [5.41, 5.74) is 5.47. The molecule has 0 saturated heterocycles. The lowest BCUT2D eigenvalue weighted by Gasteiger charge is -2.31. The number of hydrogen-bond acceptors (Lipinski definition) is 3. The smallest absolute Gasteiger partial charge is 0.475 e. The van der Waals surface area contributed by atoms with Crippen molar-refractivity contribution < 1.29 is 27.9 Å². The molecule has 166 valence electrons. The van der Waals surface area contributed by atoms with Crippen LogP contribution in [0.1, 0.15) is 11.3 Å². The highest BCUT2D eigenvalue weighted by atomic mass is 19.4. The normalized spacial score (nSPS) is 12.8. The van der Waals surface area contributed by atoms with Crippen molar-refractivity contribution in [2.45, 2.75) is 19.1 Å². The number of carbonyl (C=O) groups excluding carboxylic acids is 1. The summed E-state index contributed by atoms with van der Waals surface area (Å²) in [6.07, 6.45) is -2.57. The molecule has 0 unspecified atom stereocenters. The summed E-state index contributed by atoms with van der Waals surface area (Å²) >= 11 is 0. The molecule has 9 heteroatoms. The van der Waals surface area contributed by atoms with Crippen molar-refractivity contribution in [3.8, 4) is 11.1 Å². The Bertz CT molecular complexity index is 1070. The zero-order valence-electron chi connectivity index (χ0n) is 16.8. The van der Waals surface area contributed by atoms with Crippen molar-refractivity contribution in [3.05, 3.63) is 84.2 Å². The number of alkyl halides is 3. The molecule has 4 rings (SSSR count). The van der Waals surface area contributed by atoms with Gasteiger partial charge in [0.1, 0.15) is 0 Å². The summed E-state index contributed by atoms with van der Waals surface area (Å²) in [5.74, 6) is -2.76. The second-order valence-corrected chi connectivity index (χ2v) is 6.85. The molecular weight excluding hydrogens is 423 g/mol. The van der Waals surface area contributed by atoms with Crippen LogP contribution in [-0.2, 0) is 17.8 Å². The van der Waals surface area contributed by atoms with Gasteiger partial charge in [0, 0.05) is 37.0 Å². The standard InChI is InChI=1S/C21H19N3O.C2HF3O2/c25-21-23-15-19-18(16-7-2-1-3-8-16)10-6-11-20(19)24(21)14-12-17-9-4-5-13-22-17;3-2(4,5)1(6)7/h1-11,13H,12,14-15H2,(H,23,25);(H,6,7). The van der Waals surface area contributed by atoms with E-state index in [0.717, 1.165) is 23.4 Å². The van der Waals surface area contributed by atoms with Gasteiger partial charge in [-0.3, -0.25) is 9.88 Å². The molecular formula is C23H20F3N3O3. The summed E-state index contributed by atoms with van der Waals surface area (Å²) in [4.78, 5) is 27.5. The Balaban J connectivity index is 0.000000360. The molecule has 2 heterocycles. The lowest BCUT2D eigenvalue weighted by molar-refractivity contribution is -0.192. The maximum atomic E-state index is 12.4. The van der Waals surface area contributed by atoms with Crippen LogP contribution in [0, 0.1) is 0 Å². The predicted octanol–water partition coefficient (Wildman–Crippen LogP) is 4.65. The van der Waals surface area contributed by atoms with Crippen LogP contribution in [0.4, 0.5) is 23.7 Å². The number of aliphatic carboxylic acids is 1. The topological polar surface area (TPSA) is 82.5 Å². The van der Waals surface area contributed by atoms with Crippen molar-refractivity contribution >= 4 is 17.7 Å². The molecule has 32 heavy (non-hydrogen) atoms. The molecule has 3 aromatic rings. The van der Waals surface area contributed by atoms with Gasteiger partial charge < -0.3 is 10.4 Å². The first kappa shape index (κ1) is 22.8. The van der Waals surface area contributed by atoms with Gasteiger partial charge in [0.05, 0.1) is 5.69 Å².